The molecule has 0 N–H and O–H groups in total. The Bertz CT molecular complexity index is 589. The summed E-state index contributed by atoms with van der Waals surface area (Å²) in [4.78, 5) is 15.0. The third kappa shape index (κ3) is 3.28. The van der Waals surface area contributed by atoms with Crippen molar-refractivity contribution < 1.29 is 9.58 Å². The lowest BCUT2D eigenvalue weighted by atomic mass is 9.86. The summed E-state index contributed by atoms with van der Waals surface area (Å²) in [7, 11) is 0. The molecule has 0 bridgehead atoms. The largest absolute Gasteiger partial charge is 0.361 e. The molecule has 0 saturated carbocycles. The standard InChI is InChI=1S/C17H16N2O/c1-13(19-18)17(20)12-16(14-8-4-2-5-9-14)15-10-6-3-7-11-15/h2-11,16H,12H2,1H3. The normalized spacial score (nSPS) is 10.1. The molecule has 0 amide bonds. The molecule has 0 aliphatic heterocycles. The van der Waals surface area contributed by atoms with Crippen LogP contribution in [-0.2, 0) is 4.79 Å². The van der Waals surface area contributed by atoms with Crippen LogP contribution in [0.2, 0.25) is 0 Å². The SMILES string of the molecule is CC(=[N+]=[N-])C(=O)CC(c1ccccc1)c1ccccc1. The minimum atomic E-state index is -0.148. The molecule has 3 heteroatoms. The van der Waals surface area contributed by atoms with Crippen LogP contribution in [0.25, 0.3) is 5.53 Å². The molecule has 100 valence electrons. The van der Waals surface area contributed by atoms with Crippen LogP contribution >= 0.6 is 0 Å². The number of rotatable bonds is 5. The Morgan fingerprint density at radius 3 is 1.85 bits per heavy atom. The predicted octanol–water partition coefficient (Wildman–Crippen LogP) is 3.47. The fourth-order valence-corrected chi connectivity index (χ4v) is 2.19. The summed E-state index contributed by atoms with van der Waals surface area (Å²) in [5.74, 6) is -0.174. The summed E-state index contributed by atoms with van der Waals surface area (Å²) in [6, 6.07) is 19.8. The Hall–Kier alpha value is -2.51. The van der Waals surface area contributed by atoms with Crippen LogP contribution in [0.5, 0.6) is 0 Å². The van der Waals surface area contributed by atoms with E-state index in [0.717, 1.165) is 11.1 Å². The first kappa shape index (κ1) is 13.9. The van der Waals surface area contributed by atoms with Crippen molar-refractivity contribution in [3.05, 3.63) is 77.3 Å². The molecular formula is C17H16N2O. The number of ketones is 1. The Kier molecular flexibility index (Phi) is 4.59. The highest BCUT2D eigenvalue weighted by molar-refractivity contribution is 6.36. The summed E-state index contributed by atoms with van der Waals surface area (Å²) < 4.78 is 0. The van der Waals surface area contributed by atoms with E-state index in [1.807, 2.05) is 60.7 Å². The third-order valence-corrected chi connectivity index (χ3v) is 3.35. The topological polar surface area (TPSA) is 53.5 Å². The zero-order valence-electron chi connectivity index (χ0n) is 11.4. The van der Waals surface area contributed by atoms with Crippen molar-refractivity contribution in [2.45, 2.75) is 19.3 Å². The van der Waals surface area contributed by atoms with Gasteiger partial charge in [-0.3, -0.25) is 4.79 Å². The van der Waals surface area contributed by atoms with Crippen LogP contribution in [-0.4, -0.2) is 16.3 Å². The van der Waals surface area contributed by atoms with Gasteiger partial charge >= 0.3 is 5.71 Å². The highest BCUT2D eigenvalue weighted by atomic mass is 16.1. The van der Waals surface area contributed by atoms with Gasteiger partial charge in [-0.1, -0.05) is 60.7 Å². The molecule has 0 aliphatic rings. The molecular weight excluding hydrogens is 248 g/mol. The van der Waals surface area contributed by atoms with Crippen LogP contribution in [0.15, 0.2) is 60.7 Å². The number of carbonyl (C=O) groups excluding carboxylic acids is 1. The predicted molar refractivity (Wildman–Crippen MR) is 78.7 cm³/mol. The van der Waals surface area contributed by atoms with Gasteiger partial charge in [0.15, 0.2) is 0 Å². The molecule has 0 radical (unpaired) electrons. The summed E-state index contributed by atoms with van der Waals surface area (Å²) in [5, 5.41) is 0. The first-order chi connectivity index (χ1) is 9.72. The van der Waals surface area contributed by atoms with E-state index in [1.165, 1.54) is 6.92 Å². The van der Waals surface area contributed by atoms with E-state index in [4.69, 9.17) is 5.53 Å². The van der Waals surface area contributed by atoms with E-state index in [1.54, 1.807) is 0 Å². The maximum absolute atomic E-state index is 12.0. The van der Waals surface area contributed by atoms with Crippen molar-refractivity contribution in [3.8, 4) is 0 Å². The molecule has 0 heterocycles. The van der Waals surface area contributed by atoms with Gasteiger partial charge in [-0.25, -0.2) is 0 Å². The second kappa shape index (κ2) is 6.60. The van der Waals surface area contributed by atoms with Gasteiger partial charge in [0, 0.05) is 19.3 Å². The summed E-state index contributed by atoms with van der Waals surface area (Å²) in [6.45, 7) is 1.52. The Morgan fingerprint density at radius 1 is 1.00 bits per heavy atom. The van der Waals surface area contributed by atoms with Crippen molar-refractivity contribution in [1.29, 1.82) is 0 Å². The quantitative estimate of drug-likeness (QED) is 0.463. The zero-order valence-corrected chi connectivity index (χ0v) is 11.4. The minimum absolute atomic E-state index is 0.0263. The highest BCUT2D eigenvalue weighted by Crippen LogP contribution is 2.28. The molecule has 0 fully saturated rings. The molecule has 2 aromatic carbocycles. The van der Waals surface area contributed by atoms with Gasteiger partial charge < -0.3 is 5.53 Å². The van der Waals surface area contributed by atoms with Gasteiger partial charge in [-0.2, -0.15) is 4.79 Å². The maximum atomic E-state index is 12.0. The molecule has 0 atom stereocenters. The van der Waals surface area contributed by atoms with Gasteiger partial charge in [0.25, 0.3) is 0 Å². The van der Waals surface area contributed by atoms with E-state index < -0.39 is 0 Å². The van der Waals surface area contributed by atoms with Gasteiger partial charge in [-0.05, 0) is 11.1 Å². The molecule has 0 saturated heterocycles. The fourth-order valence-electron chi connectivity index (χ4n) is 2.19. The van der Waals surface area contributed by atoms with Gasteiger partial charge in [0.1, 0.15) is 0 Å². The molecule has 0 unspecified atom stereocenters. The summed E-state index contributed by atoms with van der Waals surface area (Å²) in [5.41, 5.74) is 11.0. The zero-order chi connectivity index (χ0) is 14.4. The number of hydrogen-bond acceptors (Lipinski definition) is 1. The Morgan fingerprint density at radius 2 is 1.45 bits per heavy atom. The third-order valence-electron chi connectivity index (χ3n) is 3.35. The second-order valence-electron chi connectivity index (χ2n) is 4.69. The van der Waals surface area contributed by atoms with Crippen molar-refractivity contribution in [2.24, 2.45) is 0 Å². The minimum Gasteiger partial charge on any atom is -0.361 e. The summed E-state index contributed by atoms with van der Waals surface area (Å²) >= 11 is 0. The lowest BCUT2D eigenvalue weighted by molar-refractivity contribution is -0.117. The molecule has 0 spiro atoms. The number of nitrogens with zero attached hydrogens (tertiary/aromatic N) is 2. The van der Waals surface area contributed by atoms with Crippen molar-refractivity contribution in [3.63, 3.8) is 0 Å². The van der Waals surface area contributed by atoms with Crippen LogP contribution < -0.4 is 0 Å². The lowest BCUT2D eigenvalue weighted by Crippen LogP contribution is -2.16. The van der Waals surface area contributed by atoms with E-state index in [-0.39, 0.29) is 17.4 Å². The Labute approximate surface area is 118 Å². The van der Waals surface area contributed by atoms with E-state index >= 15 is 0 Å². The first-order valence-electron chi connectivity index (χ1n) is 6.54. The number of Topliss-reactive ketones (excluding diaryl/α,β-unsaturated/α-hetero) is 1. The molecule has 20 heavy (non-hydrogen) atoms. The van der Waals surface area contributed by atoms with Crippen LogP contribution in [0.4, 0.5) is 0 Å². The Balaban J connectivity index is 2.36. The highest BCUT2D eigenvalue weighted by Gasteiger charge is 2.22. The van der Waals surface area contributed by atoms with Crippen molar-refractivity contribution in [1.82, 2.24) is 0 Å². The van der Waals surface area contributed by atoms with Crippen LogP contribution in [0, 0.1) is 0 Å². The molecule has 2 rings (SSSR count). The monoisotopic (exact) mass is 264 g/mol. The number of carbonyl (C=O) groups is 1. The van der Waals surface area contributed by atoms with E-state index in [0.29, 0.717) is 6.42 Å². The van der Waals surface area contributed by atoms with Crippen LogP contribution in [0.1, 0.15) is 30.4 Å². The van der Waals surface area contributed by atoms with E-state index in [2.05, 4.69) is 4.79 Å². The smallest absolute Gasteiger partial charge is 0.331 e. The van der Waals surface area contributed by atoms with Crippen molar-refractivity contribution >= 4 is 11.5 Å². The van der Waals surface area contributed by atoms with Crippen molar-refractivity contribution in [2.75, 3.05) is 0 Å². The number of hydrogen-bond donors (Lipinski definition) is 0. The average molecular weight is 264 g/mol. The second-order valence-corrected chi connectivity index (χ2v) is 4.69. The average Bonchev–Trinajstić information content (AvgIpc) is 2.53. The van der Waals surface area contributed by atoms with Crippen LogP contribution in [0.3, 0.4) is 0 Å². The van der Waals surface area contributed by atoms with E-state index in [9.17, 15) is 4.79 Å². The fraction of sp³-hybridized carbons (Fsp3) is 0.176. The van der Waals surface area contributed by atoms with Gasteiger partial charge in [0.2, 0.25) is 5.78 Å². The number of benzene rings is 2. The first-order valence-corrected chi connectivity index (χ1v) is 6.54. The summed E-state index contributed by atoms with van der Waals surface area (Å²) in [6.07, 6.45) is 0.296. The molecule has 2 aromatic rings. The van der Waals surface area contributed by atoms with Gasteiger partial charge in [-0.15, -0.1) is 0 Å². The molecule has 3 nitrogen and oxygen atoms in total. The lowest BCUT2D eigenvalue weighted by Gasteiger charge is -2.16. The maximum Gasteiger partial charge on any atom is 0.331 e. The van der Waals surface area contributed by atoms with Gasteiger partial charge in [0.05, 0.1) is 0 Å². The molecule has 0 aliphatic carbocycles. The molecule has 0 aromatic heterocycles.